The molecule has 0 saturated heterocycles. The molecule has 1 aromatic carbocycles. The zero-order chi connectivity index (χ0) is 14.1. The lowest BCUT2D eigenvalue weighted by atomic mass is 9.94. The molecule has 5 heteroatoms. The highest BCUT2D eigenvalue weighted by Crippen LogP contribution is 2.39. The fourth-order valence-corrected chi connectivity index (χ4v) is 4.77. The van der Waals surface area contributed by atoms with Gasteiger partial charge in [-0.25, -0.2) is 0 Å². The van der Waals surface area contributed by atoms with Crippen LogP contribution in [-0.4, -0.2) is 12.2 Å². The molecular formula is C15H16INO2S. The van der Waals surface area contributed by atoms with E-state index in [0.717, 1.165) is 12.1 Å². The van der Waals surface area contributed by atoms with Crippen molar-refractivity contribution in [2.75, 3.05) is 12.4 Å². The number of rotatable bonds is 3. The fraction of sp³-hybridized carbons (Fsp3) is 0.333. The lowest BCUT2D eigenvalue weighted by Crippen LogP contribution is -2.15. The minimum Gasteiger partial charge on any atom is -0.504 e. The van der Waals surface area contributed by atoms with Crippen LogP contribution in [0, 0.1) is 2.88 Å². The molecule has 0 bridgehead atoms. The van der Waals surface area contributed by atoms with Gasteiger partial charge in [-0.1, -0.05) is 0 Å². The van der Waals surface area contributed by atoms with Crippen LogP contribution in [0.25, 0.3) is 0 Å². The summed E-state index contributed by atoms with van der Waals surface area (Å²) in [6, 6.07) is 8.08. The highest BCUT2D eigenvalue weighted by atomic mass is 127. The van der Waals surface area contributed by atoms with Crippen LogP contribution in [0.5, 0.6) is 11.5 Å². The Hall–Kier alpha value is -0.950. The standard InChI is InChI=1S/C15H16INO2S/c1-19-13-6-5-9(7-12(13)18)17-11-3-2-4-14-10(11)8-15(16)20-14/h5-8,11,17-18H,2-4H2,1H3. The van der Waals surface area contributed by atoms with Gasteiger partial charge in [-0.3, -0.25) is 0 Å². The van der Waals surface area contributed by atoms with E-state index in [2.05, 4.69) is 34.0 Å². The van der Waals surface area contributed by atoms with Gasteiger partial charge in [0.1, 0.15) is 0 Å². The van der Waals surface area contributed by atoms with Crippen LogP contribution in [0.3, 0.4) is 0 Å². The fourth-order valence-electron chi connectivity index (χ4n) is 2.65. The Kier molecular flexibility index (Phi) is 4.07. The van der Waals surface area contributed by atoms with E-state index in [1.165, 1.54) is 26.2 Å². The largest absolute Gasteiger partial charge is 0.504 e. The SMILES string of the molecule is COc1ccc(NC2CCCc3sc(I)cc32)cc1O. The molecule has 1 aliphatic carbocycles. The summed E-state index contributed by atoms with van der Waals surface area (Å²) in [6.07, 6.45) is 3.53. The second-order valence-corrected chi connectivity index (χ2v) is 7.94. The summed E-state index contributed by atoms with van der Waals surface area (Å²) in [5, 5.41) is 13.4. The van der Waals surface area contributed by atoms with Crippen molar-refractivity contribution in [2.24, 2.45) is 0 Å². The van der Waals surface area contributed by atoms with Crippen LogP contribution in [0.4, 0.5) is 5.69 Å². The molecule has 0 fully saturated rings. The smallest absolute Gasteiger partial charge is 0.160 e. The lowest BCUT2D eigenvalue weighted by molar-refractivity contribution is 0.373. The first-order valence-corrected chi connectivity index (χ1v) is 8.48. The van der Waals surface area contributed by atoms with Gasteiger partial charge in [-0.05, 0) is 65.6 Å². The van der Waals surface area contributed by atoms with Gasteiger partial charge in [0, 0.05) is 16.6 Å². The number of hydrogen-bond donors (Lipinski definition) is 2. The highest BCUT2D eigenvalue weighted by molar-refractivity contribution is 14.1. The Balaban J connectivity index is 1.83. The molecule has 0 aliphatic heterocycles. The van der Waals surface area contributed by atoms with Gasteiger partial charge in [0.05, 0.1) is 16.0 Å². The summed E-state index contributed by atoms with van der Waals surface area (Å²) in [5.41, 5.74) is 2.35. The van der Waals surface area contributed by atoms with Gasteiger partial charge in [0.2, 0.25) is 0 Å². The molecule has 2 N–H and O–H groups in total. The third-order valence-electron chi connectivity index (χ3n) is 3.60. The molecular weight excluding hydrogens is 385 g/mol. The number of hydrogen-bond acceptors (Lipinski definition) is 4. The summed E-state index contributed by atoms with van der Waals surface area (Å²) >= 11 is 4.28. The number of nitrogens with one attached hydrogen (secondary N) is 1. The van der Waals surface area contributed by atoms with Gasteiger partial charge in [-0.2, -0.15) is 0 Å². The van der Waals surface area contributed by atoms with Crippen LogP contribution in [-0.2, 0) is 6.42 Å². The maximum absolute atomic E-state index is 9.86. The van der Waals surface area contributed by atoms with Crippen LogP contribution < -0.4 is 10.1 Å². The lowest BCUT2D eigenvalue weighted by Gasteiger charge is -2.24. The summed E-state index contributed by atoms with van der Waals surface area (Å²) < 4.78 is 6.42. The third kappa shape index (κ3) is 2.74. The van der Waals surface area contributed by atoms with Crippen LogP contribution >= 0.6 is 33.9 Å². The molecule has 0 spiro atoms. The molecule has 3 nitrogen and oxygen atoms in total. The number of phenolic OH excluding ortho intramolecular Hbond substituents is 1. The number of methoxy groups -OCH3 is 1. The first kappa shape index (κ1) is 14.0. The van der Waals surface area contributed by atoms with Crippen molar-refractivity contribution in [3.05, 3.63) is 37.6 Å². The second kappa shape index (κ2) is 5.81. The van der Waals surface area contributed by atoms with Crippen LogP contribution in [0.1, 0.15) is 29.3 Å². The number of aromatic hydroxyl groups is 1. The predicted molar refractivity (Wildman–Crippen MR) is 91.0 cm³/mol. The minimum absolute atomic E-state index is 0.174. The molecule has 1 atom stereocenters. The molecule has 20 heavy (non-hydrogen) atoms. The number of aryl methyl sites for hydroxylation is 1. The quantitative estimate of drug-likeness (QED) is 0.742. The maximum Gasteiger partial charge on any atom is 0.160 e. The monoisotopic (exact) mass is 401 g/mol. The average Bonchev–Trinajstić information content (AvgIpc) is 2.80. The molecule has 0 radical (unpaired) electrons. The molecule has 1 aromatic heterocycles. The Morgan fingerprint density at radius 1 is 1.40 bits per heavy atom. The Bertz CT molecular complexity index is 626. The van der Waals surface area contributed by atoms with Crippen molar-refractivity contribution in [1.82, 2.24) is 0 Å². The van der Waals surface area contributed by atoms with Crippen molar-refractivity contribution < 1.29 is 9.84 Å². The molecule has 1 aliphatic rings. The van der Waals surface area contributed by atoms with E-state index in [-0.39, 0.29) is 5.75 Å². The summed E-state index contributed by atoms with van der Waals surface area (Å²) in [4.78, 5) is 1.50. The zero-order valence-corrected chi connectivity index (χ0v) is 14.1. The number of thiophene rings is 1. The number of halogens is 1. The predicted octanol–water partition coefficient (Wildman–Crippen LogP) is 4.56. The molecule has 106 valence electrons. The Labute approximate surface area is 136 Å². The zero-order valence-electron chi connectivity index (χ0n) is 11.1. The van der Waals surface area contributed by atoms with Gasteiger partial charge in [0.15, 0.2) is 11.5 Å². The number of ether oxygens (including phenoxy) is 1. The first-order valence-electron chi connectivity index (χ1n) is 6.59. The van der Waals surface area contributed by atoms with Gasteiger partial charge in [-0.15, -0.1) is 11.3 Å². The van der Waals surface area contributed by atoms with Crippen molar-refractivity contribution in [3.63, 3.8) is 0 Å². The molecule has 2 aromatic rings. The second-order valence-electron chi connectivity index (χ2n) is 4.90. The van der Waals surface area contributed by atoms with Crippen LogP contribution in [0.2, 0.25) is 0 Å². The van der Waals surface area contributed by atoms with Gasteiger partial charge < -0.3 is 15.2 Å². The number of benzene rings is 1. The molecule has 3 rings (SSSR count). The summed E-state index contributed by atoms with van der Waals surface area (Å²) in [7, 11) is 1.56. The minimum atomic E-state index is 0.174. The first-order chi connectivity index (χ1) is 9.67. The van der Waals surface area contributed by atoms with E-state index < -0.39 is 0 Å². The van der Waals surface area contributed by atoms with E-state index in [9.17, 15) is 5.11 Å². The normalized spacial score (nSPS) is 17.6. The highest BCUT2D eigenvalue weighted by Gasteiger charge is 2.22. The van der Waals surface area contributed by atoms with E-state index in [4.69, 9.17) is 4.74 Å². The number of anilines is 1. The molecule has 0 amide bonds. The van der Waals surface area contributed by atoms with Crippen molar-refractivity contribution in [2.45, 2.75) is 25.3 Å². The Morgan fingerprint density at radius 3 is 3.00 bits per heavy atom. The number of phenols is 1. The topological polar surface area (TPSA) is 41.5 Å². The van der Waals surface area contributed by atoms with E-state index in [1.54, 1.807) is 19.2 Å². The molecule has 1 heterocycles. The van der Waals surface area contributed by atoms with E-state index in [1.807, 2.05) is 17.4 Å². The maximum atomic E-state index is 9.86. The van der Waals surface area contributed by atoms with Gasteiger partial charge in [0.25, 0.3) is 0 Å². The van der Waals surface area contributed by atoms with Crippen molar-refractivity contribution in [1.29, 1.82) is 0 Å². The van der Waals surface area contributed by atoms with E-state index >= 15 is 0 Å². The third-order valence-corrected chi connectivity index (χ3v) is 5.57. The van der Waals surface area contributed by atoms with E-state index in [0.29, 0.717) is 11.8 Å². The average molecular weight is 401 g/mol. The van der Waals surface area contributed by atoms with Crippen molar-refractivity contribution in [3.8, 4) is 11.5 Å². The summed E-state index contributed by atoms with van der Waals surface area (Å²) in [5.74, 6) is 0.679. The molecule has 1 unspecified atom stereocenters. The van der Waals surface area contributed by atoms with Gasteiger partial charge >= 0.3 is 0 Å². The van der Waals surface area contributed by atoms with Crippen molar-refractivity contribution >= 4 is 39.6 Å². The Morgan fingerprint density at radius 2 is 2.25 bits per heavy atom. The number of fused-ring (bicyclic) bond motifs is 1. The molecule has 0 saturated carbocycles. The van der Waals surface area contributed by atoms with Crippen LogP contribution in [0.15, 0.2) is 24.3 Å². The summed E-state index contributed by atoms with van der Waals surface area (Å²) in [6.45, 7) is 0.